The van der Waals surface area contributed by atoms with Gasteiger partial charge in [-0.25, -0.2) is 0 Å². The molecule has 2 atom stereocenters. The first-order valence-corrected chi connectivity index (χ1v) is 7.02. The van der Waals surface area contributed by atoms with Gasteiger partial charge in [0, 0.05) is 39.1 Å². The summed E-state index contributed by atoms with van der Waals surface area (Å²) in [4.78, 5) is 25.1. The lowest BCUT2D eigenvalue weighted by Gasteiger charge is -2.34. The normalized spacial score (nSPS) is 27.9. The van der Waals surface area contributed by atoms with E-state index in [-0.39, 0.29) is 24.0 Å². The van der Waals surface area contributed by atoms with Crippen molar-refractivity contribution in [2.75, 3.05) is 32.8 Å². The van der Waals surface area contributed by atoms with Gasteiger partial charge in [-0.15, -0.1) is 0 Å². The zero-order valence-corrected chi connectivity index (χ0v) is 11.5. The molecule has 2 aliphatic rings. The Kier molecular flexibility index (Phi) is 5.15. The number of nitrogens with one attached hydrogen (secondary N) is 2. The molecule has 2 unspecified atom stereocenters. The van der Waals surface area contributed by atoms with Crippen LogP contribution < -0.4 is 10.6 Å². The fourth-order valence-electron chi connectivity index (χ4n) is 2.68. The lowest BCUT2D eigenvalue weighted by Crippen LogP contribution is -2.50. The number of hydrogen-bond acceptors (Lipinski definition) is 4. The van der Waals surface area contributed by atoms with E-state index in [1.54, 1.807) is 0 Å². The molecule has 0 aromatic heterocycles. The molecule has 19 heavy (non-hydrogen) atoms. The molecule has 0 aromatic carbocycles. The summed E-state index contributed by atoms with van der Waals surface area (Å²) in [6, 6.07) is 0.0978. The highest BCUT2D eigenvalue weighted by Crippen LogP contribution is 2.13. The number of nitrogens with zero attached hydrogens (tertiary/aromatic N) is 1. The largest absolute Gasteiger partial charge is 0.375 e. The van der Waals surface area contributed by atoms with E-state index < -0.39 is 0 Å². The standard InChI is InChI=1S/C13H23N3O3/c1-10(17)15-11-3-2-5-16(9-11)13(18)7-12-8-14-4-6-19-12/h11-12,14H,2-9H2,1H3,(H,15,17). The van der Waals surface area contributed by atoms with Crippen LogP contribution in [0.4, 0.5) is 0 Å². The smallest absolute Gasteiger partial charge is 0.225 e. The van der Waals surface area contributed by atoms with Crippen molar-refractivity contribution < 1.29 is 14.3 Å². The minimum atomic E-state index is -0.0286. The summed E-state index contributed by atoms with van der Waals surface area (Å²) in [5.41, 5.74) is 0. The van der Waals surface area contributed by atoms with Gasteiger partial charge in [0.25, 0.3) is 0 Å². The van der Waals surface area contributed by atoms with Crippen molar-refractivity contribution in [2.45, 2.75) is 38.3 Å². The highest BCUT2D eigenvalue weighted by molar-refractivity contribution is 5.77. The van der Waals surface area contributed by atoms with E-state index in [9.17, 15) is 9.59 Å². The summed E-state index contributed by atoms with van der Waals surface area (Å²) in [5, 5.41) is 6.12. The lowest BCUT2D eigenvalue weighted by atomic mass is 10.0. The number of carbonyl (C=O) groups is 2. The van der Waals surface area contributed by atoms with Gasteiger partial charge in [-0.2, -0.15) is 0 Å². The first-order valence-electron chi connectivity index (χ1n) is 7.02. The molecule has 0 spiro atoms. The average molecular weight is 269 g/mol. The third-order valence-corrected chi connectivity index (χ3v) is 3.59. The molecule has 6 nitrogen and oxygen atoms in total. The van der Waals surface area contributed by atoms with E-state index >= 15 is 0 Å². The van der Waals surface area contributed by atoms with Crippen molar-refractivity contribution in [1.82, 2.24) is 15.5 Å². The van der Waals surface area contributed by atoms with E-state index in [0.717, 1.165) is 32.5 Å². The number of morpholine rings is 1. The SMILES string of the molecule is CC(=O)NC1CCCN(C(=O)CC2CNCCO2)C1. The van der Waals surface area contributed by atoms with E-state index in [2.05, 4.69) is 10.6 Å². The summed E-state index contributed by atoms with van der Waals surface area (Å²) in [5.74, 6) is 0.0999. The van der Waals surface area contributed by atoms with Crippen LogP contribution in [0.2, 0.25) is 0 Å². The first kappa shape index (κ1) is 14.3. The van der Waals surface area contributed by atoms with E-state index in [1.807, 2.05) is 4.90 Å². The minimum absolute atomic E-state index is 0.0117. The monoisotopic (exact) mass is 269 g/mol. The van der Waals surface area contributed by atoms with Crippen LogP contribution in [-0.4, -0.2) is 61.6 Å². The Balaban J connectivity index is 1.79. The summed E-state index contributed by atoms with van der Waals surface area (Å²) in [6.07, 6.45) is 2.31. The first-order chi connectivity index (χ1) is 9.15. The van der Waals surface area contributed by atoms with Crippen LogP contribution >= 0.6 is 0 Å². The van der Waals surface area contributed by atoms with E-state index in [0.29, 0.717) is 19.6 Å². The number of amides is 2. The summed E-state index contributed by atoms with van der Waals surface area (Å²) >= 11 is 0. The number of ether oxygens (including phenoxy) is 1. The highest BCUT2D eigenvalue weighted by Gasteiger charge is 2.26. The fraction of sp³-hybridized carbons (Fsp3) is 0.846. The lowest BCUT2D eigenvalue weighted by molar-refractivity contribution is -0.136. The van der Waals surface area contributed by atoms with Crippen molar-refractivity contribution in [3.8, 4) is 0 Å². The van der Waals surface area contributed by atoms with Crippen LogP contribution in [0.1, 0.15) is 26.2 Å². The van der Waals surface area contributed by atoms with Crippen molar-refractivity contribution in [3.05, 3.63) is 0 Å². The zero-order valence-electron chi connectivity index (χ0n) is 11.5. The quantitative estimate of drug-likeness (QED) is 0.724. The summed E-state index contributed by atoms with van der Waals surface area (Å²) in [7, 11) is 0. The van der Waals surface area contributed by atoms with Crippen LogP contribution in [0.3, 0.4) is 0 Å². The zero-order chi connectivity index (χ0) is 13.7. The van der Waals surface area contributed by atoms with Gasteiger partial charge in [-0.05, 0) is 12.8 Å². The summed E-state index contributed by atoms with van der Waals surface area (Å²) in [6.45, 7) is 5.20. The van der Waals surface area contributed by atoms with Crippen LogP contribution in [-0.2, 0) is 14.3 Å². The average Bonchev–Trinajstić information content (AvgIpc) is 2.39. The number of likely N-dealkylation sites (tertiary alicyclic amines) is 1. The Morgan fingerprint density at radius 2 is 2.32 bits per heavy atom. The van der Waals surface area contributed by atoms with Gasteiger partial charge in [0.15, 0.2) is 0 Å². The van der Waals surface area contributed by atoms with Crippen molar-refractivity contribution in [2.24, 2.45) is 0 Å². The second-order valence-corrected chi connectivity index (χ2v) is 5.28. The molecule has 0 radical (unpaired) electrons. The molecule has 2 rings (SSSR count). The molecule has 108 valence electrons. The van der Waals surface area contributed by atoms with E-state index in [4.69, 9.17) is 4.74 Å². The maximum Gasteiger partial charge on any atom is 0.225 e. The van der Waals surface area contributed by atoms with Crippen molar-refractivity contribution in [3.63, 3.8) is 0 Å². The number of piperidine rings is 1. The molecular formula is C13H23N3O3. The van der Waals surface area contributed by atoms with Crippen LogP contribution in [0.25, 0.3) is 0 Å². The van der Waals surface area contributed by atoms with Gasteiger partial charge in [0.05, 0.1) is 19.1 Å². The molecule has 0 saturated carbocycles. The molecule has 0 aromatic rings. The van der Waals surface area contributed by atoms with Crippen molar-refractivity contribution >= 4 is 11.8 Å². The van der Waals surface area contributed by atoms with Gasteiger partial charge in [0.1, 0.15) is 0 Å². The molecule has 2 saturated heterocycles. The Morgan fingerprint density at radius 1 is 1.47 bits per heavy atom. The van der Waals surface area contributed by atoms with Gasteiger partial charge in [-0.3, -0.25) is 9.59 Å². The molecule has 2 heterocycles. The predicted octanol–water partition coefficient (Wildman–Crippen LogP) is -0.508. The summed E-state index contributed by atoms with van der Waals surface area (Å²) < 4.78 is 5.55. The Morgan fingerprint density at radius 3 is 3.00 bits per heavy atom. The van der Waals surface area contributed by atoms with E-state index in [1.165, 1.54) is 6.92 Å². The van der Waals surface area contributed by atoms with Gasteiger partial charge in [-0.1, -0.05) is 0 Å². The van der Waals surface area contributed by atoms with Crippen LogP contribution in [0.15, 0.2) is 0 Å². The second kappa shape index (κ2) is 6.86. The predicted molar refractivity (Wildman–Crippen MR) is 70.6 cm³/mol. The van der Waals surface area contributed by atoms with Gasteiger partial charge >= 0.3 is 0 Å². The number of rotatable bonds is 3. The maximum atomic E-state index is 12.2. The molecule has 0 aliphatic carbocycles. The molecule has 2 fully saturated rings. The van der Waals surface area contributed by atoms with Crippen LogP contribution in [0, 0.1) is 0 Å². The second-order valence-electron chi connectivity index (χ2n) is 5.28. The Hall–Kier alpha value is -1.14. The topological polar surface area (TPSA) is 70.7 Å². The third-order valence-electron chi connectivity index (χ3n) is 3.59. The number of hydrogen-bond donors (Lipinski definition) is 2. The molecule has 2 aliphatic heterocycles. The maximum absolute atomic E-state index is 12.2. The van der Waals surface area contributed by atoms with Crippen LogP contribution in [0.5, 0.6) is 0 Å². The van der Waals surface area contributed by atoms with Gasteiger partial charge in [0.2, 0.25) is 11.8 Å². The molecule has 0 bridgehead atoms. The molecular weight excluding hydrogens is 246 g/mol. The van der Waals surface area contributed by atoms with Crippen molar-refractivity contribution in [1.29, 1.82) is 0 Å². The fourth-order valence-corrected chi connectivity index (χ4v) is 2.68. The highest BCUT2D eigenvalue weighted by atomic mass is 16.5. The molecule has 2 amide bonds. The molecule has 2 N–H and O–H groups in total. The Bertz CT molecular complexity index is 329. The minimum Gasteiger partial charge on any atom is -0.375 e. The molecule has 6 heteroatoms. The Labute approximate surface area is 113 Å². The number of carbonyl (C=O) groups excluding carboxylic acids is 2. The third kappa shape index (κ3) is 4.47. The van der Waals surface area contributed by atoms with Gasteiger partial charge < -0.3 is 20.3 Å².